The first-order chi connectivity index (χ1) is 9.70. The van der Waals surface area contributed by atoms with Crippen molar-refractivity contribution in [2.45, 2.75) is 19.4 Å². The molecule has 7 heteroatoms. The van der Waals surface area contributed by atoms with Gasteiger partial charge in [0.15, 0.2) is 10.8 Å². The van der Waals surface area contributed by atoms with Gasteiger partial charge < -0.3 is 4.57 Å². The molecule has 0 spiro atoms. The molecule has 0 saturated carbocycles. The predicted molar refractivity (Wildman–Crippen MR) is 78.0 cm³/mol. The summed E-state index contributed by atoms with van der Waals surface area (Å²) >= 11 is 11.9. The second-order valence-corrected chi connectivity index (χ2v) is 5.01. The molecule has 0 fully saturated rings. The van der Waals surface area contributed by atoms with E-state index < -0.39 is 0 Å². The summed E-state index contributed by atoms with van der Waals surface area (Å²) in [5.74, 6) is 0. The van der Waals surface area contributed by atoms with Crippen LogP contribution >= 0.6 is 23.2 Å². The molecule has 0 radical (unpaired) electrons. The summed E-state index contributed by atoms with van der Waals surface area (Å²) in [6.07, 6.45) is 6.14. The third kappa shape index (κ3) is 2.23. The van der Waals surface area contributed by atoms with E-state index in [2.05, 4.69) is 26.9 Å². The average molecular weight is 308 g/mol. The van der Waals surface area contributed by atoms with Crippen molar-refractivity contribution in [3.63, 3.8) is 0 Å². The molecule has 0 aliphatic heterocycles. The van der Waals surface area contributed by atoms with Gasteiger partial charge in [-0.3, -0.25) is 4.98 Å². The molecule has 3 heterocycles. The van der Waals surface area contributed by atoms with Gasteiger partial charge in [0.1, 0.15) is 5.52 Å². The quantitative estimate of drug-likeness (QED) is 0.548. The number of imidazole rings is 1. The van der Waals surface area contributed by atoms with Gasteiger partial charge in [0.05, 0.1) is 12.4 Å². The Kier molecular flexibility index (Phi) is 3.54. The molecule has 0 bridgehead atoms. The van der Waals surface area contributed by atoms with Gasteiger partial charge in [-0.25, -0.2) is 9.97 Å². The van der Waals surface area contributed by atoms with Crippen molar-refractivity contribution in [3.05, 3.63) is 46.9 Å². The van der Waals surface area contributed by atoms with E-state index in [1.165, 1.54) is 0 Å². The molecule has 0 aliphatic rings. The number of halogens is 2. The van der Waals surface area contributed by atoms with Gasteiger partial charge in [-0.15, -0.1) is 0 Å². The van der Waals surface area contributed by atoms with E-state index in [0.717, 1.165) is 12.0 Å². The number of hydrogen-bond acceptors (Lipinski definition) is 4. The number of hydrogen-bond donors (Lipinski definition) is 0. The fourth-order valence-corrected chi connectivity index (χ4v) is 2.69. The van der Waals surface area contributed by atoms with Crippen LogP contribution in [0.25, 0.3) is 11.2 Å². The molecule has 0 amide bonds. The summed E-state index contributed by atoms with van der Waals surface area (Å²) in [7, 11) is 0. The lowest BCUT2D eigenvalue weighted by Crippen LogP contribution is -2.09. The Morgan fingerprint density at radius 3 is 2.65 bits per heavy atom. The minimum Gasteiger partial charge on any atom is -0.307 e. The van der Waals surface area contributed by atoms with Crippen LogP contribution in [-0.4, -0.2) is 24.5 Å². The SMILES string of the molecule is CCC(c1ccncc1)n1cnc2c(Cl)nc(Cl)nc21. The van der Waals surface area contributed by atoms with E-state index in [1.54, 1.807) is 18.7 Å². The second-order valence-electron chi connectivity index (χ2n) is 4.31. The van der Waals surface area contributed by atoms with Crippen LogP contribution in [0, 0.1) is 0 Å². The first-order valence-corrected chi connectivity index (χ1v) is 6.91. The third-order valence-corrected chi connectivity index (χ3v) is 3.60. The summed E-state index contributed by atoms with van der Waals surface area (Å²) in [6, 6.07) is 4.06. The van der Waals surface area contributed by atoms with Crippen LogP contribution in [0.2, 0.25) is 10.4 Å². The first kappa shape index (κ1) is 13.3. The van der Waals surface area contributed by atoms with Crippen LogP contribution in [0.3, 0.4) is 0 Å². The van der Waals surface area contributed by atoms with Gasteiger partial charge in [0, 0.05) is 12.4 Å². The van der Waals surface area contributed by atoms with Gasteiger partial charge in [0.2, 0.25) is 5.28 Å². The summed E-state index contributed by atoms with van der Waals surface area (Å²) in [6.45, 7) is 2.10. The number of rotatable bonds is 3. The Labute approximate surface area is 125 Å². The highest BCUT2D eigenvalue weighted by Gasteiger charge is 2.18. The number of aromatic nitrogens is 5. The minimum absolute atomic E-state index is 0.102. The van der Waals surface area contributed by atoms with E-state index in [-0.39, 0.29) is 16.5 Å². The molecular formula is C13H11Cl2N5. The van der Waals surface area contributed by atoms with Crippen molar-refractivity contribution in [1.29, 1.82) is 0 Å². The molecule has 1 atom stereocenters. The summed E-state index contributed by atoms with van der Waals surface area (Å²) < 4.78 is 1.96. The lowest BCUT2D eigenvalue weighted by Gasteiger charge is -2.17. The minimum atomic E-state index is 0.102. The maximum Gasteiger partial charge on any atom is 0.225 e. The van der Waals surface area contributed by atoms with E-state index in [0.29, 0.717) is 11.2 Å². The summed E-state index contributed by atoms with van der Waals surface area (Å²) in [4.78, 5) is 16.5. The fourth-order valence-electron chi connectivity index (χ4n) is 2.26. The molecule has 0 saturated heterocycles. The van der Waals surface area contributed by atoms with Crippen LogP contribution in [0.1, 0.15) is 24.9 Å². The smallest absolute Gasteiger partial charge is 0.225 e. The van der Waals surface area contributed by atoms with Gasteiger partial charge >= 0.3 is 0 Å². The van der Waals surface area contributed by atoms with Crippen LogP contribution in [-0.2, 0) is 0 Å². The lowest BCUT2D eigenvalue weighted by atomic mass is 10.1. The predicted octanol–water partition coefficient (Wildman–Crippen LogP) is 3.53. The lowest BCUT2D eigenvalue weighted by molar-refractivity contribution is 0.576. The maximum atomic E-state index is 6.05. The van der Waals surface area contributed by atoms with E-state index in [4.69, 9.17) is 23.2 Å². The zero-order valence-corrected chi connectivity index (χ0v) is 12.2. The standard InChI is InChI=1S/C13H11Cl2N5/c1-2-9(8-3-5-16-6-4-8)20-7-17-10-11(14)18-13(15)19-12(10)20/h3-7,9H,2H2,1H3. The highest BCUT2D eigenvalue weighted by atomic mass is 35.5. The average Bonchev–Trinajstić information content (AvgIpc) is 2.85. The maximum absolute atomic E-state index is 6.05. The molecule has 0 N–H and O–H groups in total. The Hall–Kier alpha value is -1.72. The monoisotopic (exact) mass is 307 g/mol. The molecule has 20 heavy (non-hydrogen) atoms. The molecule has 5 nitrogen and oxygen atoms in total. The van der Waals surface area contributed by atoms with Crippen molar-refractivity contribution in [1.82, 2.24) is 24.5 Å². The highest BCUT2D eigenvalue weighted by molar-refractivity contribution is 6.35. The van der Waals surface area contributed by atoms with Crippen LogP contribution < -0.4 is 0 Å². The van der Waals surface area contributed by atoms with Crippen molar-refractivity contribution in [2.24, 2.45) is 0 Å². The number of fused-ring (bicyclic) bond motifs is 1. The summed E-state index contributed by atoms with van der Waals surface area (Å²) in [5, 5.41) is 0.386. The normalized spacial score (nSPS) is 12.8. The Balaban J connectivity index is 2.18. The largest absolute Gasteiger partial charge is 0.307 e. The molecular weight excluding hydrogens is 297 g/mol. The molecule has 0 aliphatic carbocycles. The molecule has 1 unspecified atom stereocenters. The number of nitrogens with zero attached hydrogens (tertiary/aromatic N) is 5. The van der Waals surface area contributed by atoms with Crippen LogP contribution in [0.15, 0.2) is 30.9 Å². The molecule has 102 valence electrons. The number of pyridine rings is 1. The zero-order valence-electron chi connectivity index (χ0n) is 10.7. The van der Waals surface area contributed by atoms with E-state index in [9.17, 15) is 0 Å². The topological polar surface area (TPSA) is 56.5 Å². The van der Waals surface area contributed by atoms with Crippen molar-refractivity contribution >= 4 is 34.4 Å². The van der Waals surface area contributed by atoms with Crippen LogP contribution in [0.4, 0.5) is 0 Å². The van der Waals surface area contributed by atoms with Gasteiger partial charge in [-0.2, -0.15) is 4.98 Å². The van der Waals surface area contributed by atoms with Crippen molar-refractivity contribution < 1.29 is 0 Å². The second kappa shape index (κ2) is 5.34. The van der Waals surface area contributed by atoms with Gasteiger partial charge in [0.25, 0.3) is 0 Å². The first-order valence-electron chi connectivity index (χ1n) is 6.16. The molecule has 3 aromatic rings. The van der Waals surface area contributed by atoms with Gasteiger partial charge in [-0.1, -0.05) is 18.5 Å². The third-order valence-electron chi connectivity index (χ3n) is 3.16. The molecule has 3 aromatic heterocycles. The Morgan fingerprint density at radius 1 is 1.20 bits per heavy atom. The molecule has 3 rings (SSSR count). The van der Waals surface area contributed by atoms with Crippen molar-refractivity contribution in [3.8, 4) is 0 Å². The highest BCUT2D eigenvalue weighted by Crippen LogP contribution is 2.28. The Morgan fingerprint density at radius 2 is 1.95 bits per heavy atom. The van der Waals surface area contributed by atoms with E-state index in [1.807, 2.05) is 16.7 Å². The van der Waals surface area contributed by atoms with Crippen molar-refractivity contribution in [2.75, 3.05) is 0 Å². The zero-order chi connectivity index (χ0) is 14.1. The summed E-state index contributed by atoms with van der Waals surface area (Å²) in [5.41, 5.74) is 2.33. The van der Waals surface area contributed by atoms with E-state index >= 15 is 0 Å². The van der Waals surface area contributed by atoms with Gasteiger partial charge in [-0.05, 0) is 35.7 Å². The van der Waals surface area contributed by atoms with Crippen LogP contribution in [0.5, 0.6) is 0 Å². The Bertz CT molecular complexity index is 741. The fraction of sp³-hybridized carbons (Fsp3) is 0.231. The molecule has 0 aromatic carbocycles.